The van der Waals surface area contributed by atoms with Gasteiger partial charge in [0.1, 0.15) is 10.7 Å². The molecule has 14 heteroatoms. The van der Waals surface area contributed by atoms with Crippen LogP contribution in [-0.4, -0.2) is 56.8 Å². The SMILES string of the molecule is Cc1cc(S(=O)(=O)Nc2cscn2)c(F)cc1N(C)[C@H]1CCNC1.O=C(O)C(F)(F)F. The summed E-state index contributed by atoms with van der Waals surface area (Å²) in [4.78, 5) is 14.4. The van der Waals surface area contributed by atoms with E-state index in [-0.39, 0.29) is 16.8 Å². The van der Waals surface area contributed by atoms with Crippen molar-refractivity contribution in [2.24, 2.45) is 0 Å². The molecule has 8 nitrogen and oxygen atoms in total. The fraction of sp³-hybridized carbons (Fsp3) is 0.412. The normalized spacial score (nSPS) is 16.4. The molecule has 1 aliphatic rings. The average Bonchev–Trinajstić information content (AvgIpc) is 3.36. The van der Waals surface area contributed by atoms with Crippen molar-refractivity contribution >= 4 is 38.8 Å². The molecule has 1 saturated heterocycles. The van der Waals surface area contributed by atoms with Gasteiger partial charge in [-0.25, -0.2) is 22.6 Å². The number of likely N-dealkylation sites (N-methyl/N-ethyl adjacent to an activating group) is 1. The lowest BCUT2D eigenvalue weighted by Gasteiger charge is -2.28. The number of aliphatic carboxylic acids is 1. The van der Waals surface area contributed by atoms with Gasteiger partial charge >= 0.3 is 12.1 Å². The minimum absolute atomic E-state index is 0.190. The van der Waals surface area contributed by atoms with Crippen LogP contribution in [0.5, 0.6) is 0 Å². The van der Waals surface area contributed by atoms with Crippen LogP contribution in [0.25, 0.3) is 0 Å². The first kappa shape index (κ1) is 24.8. The summed E-state index contributed by atoms with van der Waals surface area (Å²) in [5, 5.41) is 11.9. The Morgan fingerprint density at radius 3 is 2.52 bits per heavy atom. The zero-order valence-corrected chi connectivity index (χ0v) is 18.0. The third kappa shape index (κ3) is 6.51. The van der Waals surface area contributed by atoms with Gasteiger partial charge in [0, 0.05) is 30.7 Å². The summed E-state index contributed by atoms with van der Waals surface area (Å²) in [7, 11) is -2.11. The molecule has 3 rings (SSSR count). The van der Waals surface area contributed by atoms with Crippen molar-refractivity contribution in [3.63, 3.8) is 0 Å². The van der Waals surface area contributed by atoms with Crippen LogP contribution in [0.3, 0.4) is 0 Å². The second-order valence-electron chi connectivity index (χ2n) is 6.61. The van der Waals surface area contributed by atoms with Crippen LogP contribution in [0.2, 0.25) is 0 Å². The molecule has 1 atom stereocenters. The molecule has 172 valence electrons. The van der Waals surface area contributed by atoms with E-state index in [2.05, 4.69) is 15.0 Å². The van der Waals surface area contributed by atoms with Crippen LogP contribution in [0.4, 0.5) is 29.1 Å². The number of alkyl halides is 3. The Morgan fingerprint density at radius 1 is 1.39 bits per heavy atom. The highest BCUT2D eigenvalue weighted by Gasteiger charge is 2.38. The molecular weight excluding hydrogens is 464 g/mol. The Balaban J connectivity index is 0.000000423. The zero-order chi connectivity index (χ0) is 23.4. The quantitative estimate of drug-likeness (QED) is 0.560. The summed E-state index contributed by atoms with van der Waals surface area (Å²) < 4.78 is 73.4. The van der Waals surface area contributed by atoms with Crippen molar-refractivity contribution in [2.45, 2.75) is 30.5 Å². The summed E-state index contributed by atoms with van der Waals surface area (Å²) in [6.45, 7) is 3.55. The number of carboxylic acids is 1. The number of nitrogens with one attached hydrogen (secondary N) is 2. The Hall–Kier alpha value is -2.45. The van der Waals surface area contributed by atoms with Gasteiger partial charge in [-0.3, -0.25) is 4.72 Å². The summed E-state index contributed by atoms with van der Waals surface area (Å²) in [5.41, 5.74) is 2.92. The average molecular weight is 484 g/mol. The van der Waals surface area contributed by atoms with Gasteiger partial charge < -0.3 is 15.3 Å². The van der Waals surface area contributed by atoms with Gasteiger partial charge in [0.05, 0.1) is 5.51 Å². The van der Waals surface area contributed by atoms with E-state index >= 15 is 0 Å². The summed E-state index contributed by atoms with van der Waals surface area (Å²) in [6.07, 6.45) is -4.11. The number of hydrogen-bond acceptors (Lipinski definition) is 7. The number of carbonyl (C=O) groups is 1. The minimum Gasteiger partial charge on any atom is -0.475 e. The number of thiazole rings is 1. The van der Waals surface area contributed by atoms with E-state index in [1.54, 1.807) is 12.3 Å². The van der Waals surface area contributed by atoms with Crippen LogP contribution in [0, 0.1) is 12.7 Å². The molecule has 2 aromatic rings. The molecule has 1 aromatic heterocycles. The molecule has 31 heavy (non-hydrogen) atoms. The first-order valence-corrected chi connectivity index (χ1v) is 11.2. The van der Waals surface area contributed by atoms with Crippen LogP contribution in [0.1, 0.15) is 12.0 Å². The molecule has 3 N–H and O–H groups in total. The molecule has 0 unspecified atom stereocenters. The first-order chi connectivity index (χ1) is 14.3. The zero-order valence-electron chi connectivity index (χ0n) is 16.4. The molecule has 0 radical (unpaired) electrons. The molecule has 1 aromatic carbocycles. The number of anilines is 2. The van der Waals surface area contributed by atoms with Crippen molar-refractivity contribution in [3.05, 3.63) is 34.4 Å². The number of nitrogens with zero attached hydrogens (tertiary/aromatic N) is 2. The topological polar surface area (TPSA) is 112 Å². The molecule has 0 amide bonds. The highest BCUT2D eigenvalue weighted by molar-refractivity contribution is 7.92. The lowest BCUT2D eigenvalue weighted by Crippen LogP contribution is -2.34. The van der Waals surface area contributed by atoms with Gasteiger partial charge in [0.15, 0.2) is 5.82 Å². The van der Waals surface area contributed by atoms with E-state index in [1.807, 2.05) is 11.9 Å². The van der Waals surface area contributed by atoms with Crippen LogP contribution < -0.4 is 14.9 Å². The van der Waals surface area contributed by atoms with Gasteiger partial charge in [-0.1, -0.05) is 0 Å². The van der Waals surface area contributed by atoms with Crippen molar-refractivity contribution in [3.8, 4) is 0 Å². The minimum atomic E-state index is -5.08. The van der Waals surface area contributed by atoms with Crippen LogP contribution in [-0.2, 0) is 14.8 Å². The van der Waals surface area contributed by atoms with Crippen LogP contribution in [0.15, 0.2) is 27.9 Å². The number of rotatable bonds is 5. The summed E-state index contributed by atoms with van der Waals surface area (Å²) >= 11 is 1.26. The Labute approximate surface area is 180 Å². The van der Waals surface area contributed by atoms with Gasteiger partial charge in [0.25, 0.3) is 10.0 Å². The number of sulfonamides is 1. The van der Waals surface area contributed by atoms with E-state index in [0.29, 0.717) is 11.3 Å². The second kappa shape index (κ2) is 9.78. The smallest absolute Gasteiger partial charge is 0.475 e. The van der Waals surface area contributed by atoms with Crippen molar-refractivity contribution < 1.29 is 35.9 Å². The molecular formula is C17H20F4N4O4S2. The molecule has 1 fully saturated rings. The fourth-order valence-electron chi connectivity index (χ4n) is 2.85. The molecule has 0 spiro atoms. The standard InChI is InChI=1S/C15H19FN4O2S2.C2HF3O2/c1-10-5-14(24(21,22)19-15-8-23-9-18-15)12(16)6-13(10)20(2)11-3-4-17-7-11;3-2(4,5)1(6)7/h5-6,8-9,11,17,19H,3-4,7H2,1-2H3;(H,6,7)/t11-;/m0./s1. The summed E-state index contributed by atoms with van der Waals surface area (Å²) in [6, 6.07) is 2.94. The Kier molecular flexibility index (Phi) is 7.83. The van der Waals surface area contributed by atoms with E-state index in [1.165, 1.54) is 29.0 Å². The number of benzene rings is 1. The van der Waals surface area contributed by atoms with Crippen molar-refractivity contribution in [2.75, 3.05) is 29.8 Å². The Bertz CT molecular complexity index is 1010. The number of aryl methyl sites for hydroxylation is 1. The molecule has 0 saturated carbocycles. The number of carboxylic acid groups (broad SMARTS) is 1. The molecule has 0 aliphatic carbocycles. The van der Waals surface area contributed by atoms with Gasteiger partial charge in [-0.05, 0) is 37.6 Å². The molecule has 1 aliphatic heterocycles. The molecule has 2 heterocycles. The maximum Gasteiger partial charge on any atom is 0.490 e. The lowest BCUT2D eigenvalue weighted by atomic mass is 10.1. The van der Waals surface area contributed by atoms with Gasteiger partial charge in [-0.15, -0.1) is 11.3 Å². The maximum atomic E-state index is 14.5. The number of hydrogen-bond donors (Lipinski definition) is 3. The van der Waals surface area contributed by atoms with Crippen molar-refractivity contribution in [1.29, 1.82) is 0 Å². The number of halogens is 4. The fourth-order valence-corrected chi connectivity index (χ4v) is 4.56. The maximum absolute atomic E-state index is 14.5. The van der Waals surface area contributed by atoms with Gasteiger partial charge in [0.2, 0.25) is 0 Å². The number of aromatic nitrogens is 1. The molecule has 0 bridgehead atoms. The first-order valence-electron chi connectivity index (χ1n) is 8.77. The Morgan fingerprint density at radius 2 is 2.03 bits per heavy atom. The highest BCUT2D eigenvalue weighted by Crippen LogP contribution is 2.29. The predicted molar refractivity (Wildman–Crippen MR) is 107 cm³/mol. The van der Waals surface area contributed by atoms with E-state index in [4.69, 9.17) is 9.90 Å². The third-order valence-electron chi connectivity index (χ3n) is 4.42. The monoisotopic (exact) mass is 484 g/mol. The van der Waals surface area contributed by atoms with Gasteiger partial charge in [-0.2, -0.15) is 13.2 Å². The van der Waals surface area contributed by atoms with E-state index in [9.17, 15) is 26.0 Å². The largest absolute Gasteiger partial charge is 0.490 e. The predicted octanol–water partition coefficient (Wildman–Crippen LogP) is 2.82. The van der Waals surface area contributed by atoms with Crippen LogP contribution >= 0.6 is 11.3 Å². The lowest BCUT2D eigenvalue weighted by molar-refractivity contribution is -0.192. The highest BCUT2D eigenvalue weighted by atomic mass is 32.2. The second-order valence-corrected chi connectivity index (χ2v) is 8.98. The third-order valence-corrected chi connectivity index (χ3v) is 6.37. The van der Waals surface area contributed by atoms with E-state index in [0.717, 1.165) is 19.5 Å². The van der Waals surface area contributed by atoms with E-state index < -0.39 is 28.0 Å². The summed E-state index contributed by atoms with van der Waals surface area (Å²) in [5.74, 6) is -3.33. The van der Waals surface area contributed by atoms with Crippen molar-refractivity contribution in [1.82, 2.24) is 10.3 Å².